The Bertz CT molecular complexity index is 11.6. The fourth-order valence-corrected chi connectivity index (χ4v) is 0. The Kier molecular flexibility index (Phi) is 11.8. The van der Waals surface area contributed by atoms with Crippen molar-refractivity contribution in [1.29, 1.82) is 0 Å². The summed E-state index contributed by atoms with van der Waals surface area (Å²) < 4.78 is 0. The molecule has 0 bridgehead atoms. The Morgan fingerprint density at radius 2 is 1.00 bits per heavy atom. The predicted octanol–water partition coefficient (Wildman–Crippen LogP) is 1.71. The van der Waals surface area contributed by atoms with E-state index in [1.807, 2.05) is 0 Å². The predicted molar refractivity (Wildman–Crippen MR) is 30.4 cm³/mol. The summed E-state index contributed by atoms with van der Waals surface area (Å²) in [7, 11) is -0.0208. The van der Waals surface area contributed by atoms with Crippen LogP contribution in [-0.2, 0) is 8.10 Å². The van der Waals surface area contributed by atoms with Crippen molar-refractivity contribution < 1.29 is 13.6 Å². The molecule has 39 valence electrons. The van der Waals surface area contributed by atoms with Gasteiger partial charge < -0.3 is 5.48 Å². The van der Waals surface area contributed by atoms with E-state index in [0.29, 0.717) is 0 Å². The molecule has 0 amide bonds. The normalized spacial score (nSPS) is 9.00. The van der Waals surface area contributed by atoms with E-state index in [0.717, 1.165) is 0 Å². The summed E-state index contributed by atoms with van der Waals surface area (Å²) in [5, 5.41) is 0. The Labute approximate surface area is 55.8 Å². The van der Waals surface area contributed by atoms with Gasteiger partial charge in [0.25, 0.3) is 0 Å². The van der Waals surface area contributed by atoms with E-state index >= 15 is 0 Å². The molecule has 0 heterocycles. The van der Waals surface area contributed by atoms with Crippen molar-refractivity contribution in [2.75, 3.05) is 0 Å². The van der Waals surface area contributed by atoms with Gasteiger partial charge >= 0.3 is 50.8 Å². The number of hydrogen-bond donors (Lipinski definition) is 0. The first-order valence-electron chi connectivity index (χ1n) is 0.359. The van der Waals surface area contributed by atoms with Gasteiger partial charge in [0.05, 0.1) is 0 Å². The molecule has 0 aliphatic rings. The first-order valence-corrected chi connectivity index (χ1v) is 7.68. The summed E-state index contributed by atoms with van der Waals surface area (Å²) >= 11 is 9.44. The maximum atomic E-state index is 3.15. The molecule has 0 aliphatic carbocycles. The third kappa shape index (κ3) is 24.9. The summed E-state index contributed by atoms with van der Waals surface area (Å²) in [6.45, 7) is 0. The number of hydrogen-bond acceptors (Lipinski definition) is 0. The minimum atomic E-state index is -0.0208. The van der Waals surface area contributed by atoms with Crippen LogP contribution in [0, 0.1) is 0 Å². The quantitative estimate of drug-likeness (QED) is 0.610. The molecule has 0 fully saturated rings. The average Bonchev–Trinajstić information content (AvgIpc) is 0.811. The van der Waals surface area contributed by atoms with E-state index in [9.17, 15) is 0 Å². The summed E-state index contributed by atoms with van der Waals surface area (Å²) in [6.07, 6.45) is 0. The second-order valence-electron chi connectivity index (χ2n) is 0.136. The van der Waals surface area contributed by atoms with Crippen molar-refractivity contribution in [3.05, 3.63) is 0 Å². The van der Waals surface area contributed by atoms with E-state index in [2.05, 4.69) is 42.7 Å². The van der Waals surface area contributed by atoms with Crippen LogP contribution in [0.5, 0.6) is 0 Å². The third-order valence-corrected chi connectivity index (χ3v) is 0. The Morgan fingerprint density at radius 3 is 1.00 bits per heavy atom. The van der Waals surface area contributed by atoms with E-state index in [1.165, 1.54) is 0 Å². The van der Waals surface area contributed by atoms with E-state index in [-0.39, 0.29) is 13.6 Å². The van der Waals surface area contributed by atoms with Crippen LogP contribution < -0.4 is 0 Å². The molecule has 2 N–H and O–H groups in total. The van der Waals surface area contributed by atoms with Gasteiger partial charge in [0.1, 0.15) is 0 Å². The van der Waals surface area contributed by atoms with Gasteiger partial charge in [-0.3, -0.25) is 0 Å². The molecule has 0 saturated heterocycles. The van der Waals surface area contributed by atoms with Crippen molar-refractivity contribution >= 4 is 42.7 Å². The molecule has 0 atom stereocenters. The SMILES string of the molecule is O.[Br][Ni]([Br])[Br]. The number of halogens is 3. The van der Waals surface area contributed by atoms with Crippen molar-refractivity contribution in [2.24, 2.45) is 0 Å². The summed E-state index contributed by atoms with van der Waals surface area (Å²) in [5.74, 6) is 0. The van der Waals surface area contributed by atoms with Crippen molar-refractivity contribution in [1.82, 2.24) is 0 Å². The van der Waals surface area contributed by atoms with Crippen molar-refractivity contribution in [2.45, 2.75) is 0 Å². The van der Waals surface area contributed by atoms with Gasteiger partial charge in [-0.05, 0) is 0 Å². The molecule has 1 nitrogen and oxygen atoms in total. The van der Waals surface area contributed by atoms with Crippen LogP contribution in [0.25, 0.3) is 0 Å². The summed E-state index contributed by atoms with van der Waals surface area (Å²) in [5.41, 5.74) is 0. The molecule has 5 heavy (non-hydrogen) atoms. The molecule has 0 rings (SSSR count). The second kappa shape index (κ2) is 5.89. The number of rotatable bonds is 0. The van der Waals surface area contributed by atoms with Crippen LogP contribution in [0.4, 0.5) is 0 Å². The van der Waals surface area contributed by atoms with Crippen molar-refractivity contribution in [3.8, 4) is 0 Å². The van der Waals surface area contributed by atoms with Gasteiger partial charge in [-0.15, -0.1) is 0 Å². The van der Waals surface area contributed by atoms with Crippen LogP contribution in [0.15, 0.2) is 0 Å². The summed E-state index contributed by atoms with van der Waals surface area (Å²) in [4.78, 5) is 0. The molecule has 0 saturated carbocycles. The molecule has 0 radical (unpaired) electrons. The molecule has 0 spiro atoms. The third-order valence-electron chi connectivity index (χ3n) is 0. The zero-order valence-electron chi connectivity index (χ0n) is 1.95. The monoisotopic (exact) mass is 313 g/mol. The molecule has 0 aromatic rings. The molecule has 0 aromatic heterocycles. The van der Waals surface area contributed by atoms with Gasteiger partial charge in [-0.1, -0.05) is 0 Å². The topological polar surface area (TPSA) is 31.5 Å². The molecule has 0 aromatic carbocycles. The van der Waals surface area contributed by atoms with E-state index in [1.54, 1.807) is 0 Å². The fraction of sp³-hybridized carbons (Fsp3) is 0. The van der Waals surface area contributed by atoms with Crippen LogP contribution in [-0.4, -0.2) is 5.48 Å². The minimum absolute atomic E-state index is 0. The standard InChI is InChI=1S/3BrH.Ni.H2O/h3*1H;;1H2/q;;;+3;/p-3. The maximum absolute atomic E-state index is 3.15. The van der Waals surface area contributed by atoms with Crippen molar-refractivity contribution in [3.63, 3.8) is 0 Å². The van der Waals surface area contributed by atoms with Gasteiger partial charge in [-0.2, -0.15) is 0 Å². The van der Waals surface area contributed by atoms with Crippen LogP contribution in [0.2, 0.25) is 0 Å². The van der Waals surface area contributed by atoms with Crippen LogP contribution in [0.1, 0.15) is 0 Å². The summed E-state index contributed by atoms with van der Waals surface area (Å²) in [6, 6.07) is 0. The molecule has 5 heteroatoms. The zero-order valence-corrected chi connectivity index (χ0v) is 7.70. The first kappa shape index (κ1) is 10.00. The van der Waals surface area contributed by atoms with Gasteiger partial charge in [0, 0.05) is 0 Å². The van der Waals surface area contributed by atoms with Gasteiger partial charge in [0.2, 0.25) is 0 Å². The molecule has 0 aliphatic heterocycles. The Balaban J connectivity index is 0. The second-order valence-corrected chi connectivity index (χ2v) is 15.1. The van der Waals surface area contributed by atoms with E-state index < -0.39 is 0 Å². The van der Waals surface area contributed by atoms with E-state index in [4.69, 9.17) is 0 Å². The van der Waals surface area contributed by atoms with Gasteiger partial charge in [-0.25, -0.2) is 0 Å². The Morgan fingerprint density at radius 1 is 1.00 bits per heavy atom. The van der Waals surface area contributed by atoms with Crippen LogP contribution in [0.3, 0.4) is 0 Å². The fourth-order valence-electron chi connectivity index (χ4n) is 0. The van der Waals surface area contributed by atoms with Gasteiger partial charge in [0.15, 0.2) is 0 Å². The Hall–Kier alpha value is 1.89. The molecular formula is H2Br3NiO. The molecule has 0 unspecified atom stereocenters. The van der Waals surface area contributed by atoms with Crippen LogP contribution >= 0.6 is 42.7 Å². The average molecular weight is 316 g/mol. The first-order chi connectivity index (χ1) is 1.73. The molecular weight excluding hydrogens is 314 g/mol. The zero-order chi connectivity index (χ0) is 3.58.